The van der Waals surface area contributed by atoms with Gasteiger partial charge in [0.25, 0.3) is 5.91 Å². The summed E-state index contributed by atoms with van der Waals surface area (Å²) in [6.45, 7) is 2.46. The van der Waals surface area contributed by atoms with Crippen molar-refractivity contribution in [2.45, 2.75) is 38.8 Å². The smallest absolute Gasteiger partial charge is 0.303 e. The zero-order valence-electron chi connectivity index (χ0n) is 16.4. The van der Waals surface area contributed by atoms with Crippen molar-refractivity contribution < 1.29 is 14.7 Å². The molecule has 0 aliphatic rings. The summed E-state index contributed by atoms with van der Waals surface area (Å²) in [5.74, 6) is -1.10. The Morgan fingerprint density at radius 2 is 1.66 bits per heavy atom. The Morgan fingerprint density at radius 3 is 2.28 bits per heavy atom. The molecule has 6 heteroatoms. The molecule has 1 atom stereocenters. The molecule has 0 spiro atoms. The van der Waals surface area contributed by atoms with Crippen LogP contribution in [0.1, 0.15) is 40.0 Å². The van der Waals surface area contributed by atoms with Crippen LogP contribution in [0.25, 0.3) is 0 Å². The molecule has 2 N–H and O–H groups in total. The highest BCUT2D eigenvalue weighted by Gasteiger charge is 2.19. The zero-order valence-corrected chi connectivity index (χ0v) is 16.4. The Balaban J connectivity index is 1.70. The van der Waals surface area contributed by atoms with Crippen molar-refractivity contribution in [2.75, 3.05) is 0 Å². The van der Waals surface area contributed by atoms with E-state index in [0.717, 1.165) is 16.8 Å². The fraction of sp³-hybridized carbons (Fsp3) is 0.261. The molecule has 0 fully saturated rings. The topological polar surface area (TPSA) is 84.2 Å². The van der Waals surface area contributed by atoms with Gasteiger partial charge in [-0.25, -0.2) is 0 Å². The first-order valence-corrected chi connectivity index (χ1v) is 9.66. The number of nitrogens with zero attached hydrogens (tertiary/aromatic N) is 2. The normalized spacial score (nSPS) is 11.8. The lowest BCUT2D eigenvalue weighted by Gasteiger charge is -2.18. The molecule has 29 heavy (non-hydrogen) atoms. The molecule has 1 amide bonds. The average Bonchev–Trinajstić information content (AvgIpc) is 3.08. The molecule has 2 aromatic carbocycles. The number of nitrogens with one attached hydrogen (secondary N) is 1. The Hall–Kier alpha value is -3.41. The number of aromatic nitrogens is 2. The van der Waals surface area contributed by atoms with Crippen LogP contribution in [-0.2, 0) is 17.8 Å². The van der Waals surface area contributed by atoms with Gasteiger partial charge >= 0.3 is 5.97 Å². The monoisotopic (exact) mass is 391 g/mol. The van der Waals surface area contributed by atoms with Crippen molar-refractivity contribution in [1.82, 2.24) is 15.1 Å². The van der Waals surface area contributed by atoms with Gasteiger partial charge in [-0.15, -0.1) is 0 Å². The van der Waals surface area contributed by atoms with Crippen molar-refractivity contribution in [3.05, 3.63) is 89.2 Å². The molecule has 3 aromatic rings. The van der Waals surface area contributed by atoms with Gasteiger partial charge in [0.15, 0.2) is 0 Å². The molecule has 0 aliphatic heterocycles. The van der Waals surface area contributed by atoms with E-state index in [4.69, 9.17) is 5.11 Å². The maximum Gasteiger partial charge on any atom is 0.303 e. The lowest BCUT2D eigenvalue weighted by molar-refractivity contribution is -0.137. The van der Waals surface area contributed by atoms with E-state index in [0.29, 0.717) is 24.9 Å². The van der Waals surface area contributed by atoms with Crippen LogP contribution in [0.15, 0.2) is 66.9 Å². The SMILES string of the molecule is Cc1c(C(=O)NC(CCC(=O)O)Cc2ccccc2)cnn1Cc1ccccc1. The van der Waals surface area contributed by atoms with Crippen molar-refractivity contribution in [3.63, 3.8) is 0 Å². The minimum Gasteiger partial charge on any atom is -0.481 e. The number of hydrogen-bond donors (Lipinski definition) is 2. The van der Waals surface area contributed by atoms with Crippen LogP contribution in [0.5, 0.6) is 0 Å². The number of hydrogen-bond acceptors (Lipinski definition) is 3. The van der Waals surface area contributed by atoms with Crippen molar-refractivity contribution in [2.24, 2.45) is 0 Å². The highest BCUT2D eigenvalue weighted by atomic mass is 16.4. The van der Waals surface area contributed by atoms with E-state index < -0.39 is 5.97 Å². The predicted octanol–water partition coefficient (Wildman–Crippen LogP) is 3.45. The number of carboxylic acids is 1. The number of carbonyl (C=O) groups is 2. The first kappa shape index (κ1) is 20.3. The summed E-state index contributed by atoms with van der Waals surface area (Å²) in [6.07, 6.45) is 2.53. The van der Waals surface area contributed by atoms with Gasteiger partial charge in [-0.05, 0) is 30.9 Å². The fourth-order valence-electron chi connectivity index (χ4n) is 3.27. The van der Waals surface area contributed by atoms with Crippen molar-refractivity contribution in [3.8, 4) is 0 Å². The number of carboxylic acid groups (broad SMARTS) is 1. The molecular weight excluding hydrogens is 366 g/mol. The van der Waals surface area contributed by atoms with Gasteiger partial charge in [-0.3, -0.25) is 14.3 Å². The molecule has 0 saturated carbocycles. The van der Waals surface area contributed by atoms with Crippen LogP contribution in [0.2, 0.25) is 0 Å². The number of carbonyl (C=O) groups excluding carboxylic acids is 1. The lowest BCUT2D eigenvalue weighted by atomic mass is 10.0. The van der Waals surface area contributed by atoms with Crippen LogP contribution < -0.4 is 5.32 Å². The summed E-state index contributed by atoms with van der Waals surface area (Å²) in [6, 6.07) is 19.4. The number of benzene rings is 2. The average molecular weight is 391 g/mol. The van der Waals surface area contributed by atoms with Crippen LogP contribution >= 0.6 is 0 Å². The van der Waals surface area contributed by atoms with Gasteiger partial charge in [0.1, 0.15) is 0 Å². The van der Waals surface area contributed by atoms with Crippen LogP contribution in [0, 0.1) is 6.92 Å². The Morgan fingerprint density at radius 1 is 1.03 bits per heavy atom. The quantitative estimate of drug-likeness (QED) is 0.585. The maximum absolute atomic E-state index is 12.9. The highest BCUT2D eigenvalue weighted by molar-refractivity contribution is 5.95. The molecule has 0 radical (unpaired) electrons. The molecule has 0 saturated heterocycles. The number of rotatable bonds is 9. The fourth-order valence-corrected chi connectivity index (χ4v) is 3.27. The molecule has 1 unspecified atom stereocenters. The summed E-state index contributed by atoms with van der Waals surface area (Å²) in [7, 11) is 0. The molecule has 1 heterocycles. The van der Waals surface area contributed by atoms with E-state index in [-0.39, 0.29) is 18.4 Å². The second-order valence-corrected chi connectivity index (χ2v) is 7.08. The predicted molar refractivity (Wildman–Crippen MR) is 111 cm³/mol. The van der Waals surface area contributed by atoms with E-state index in [1.807, 2.05) is 67.6 Å². The van der Waals surface area contributed by atoms with E-state index in [1.54, 1.807) is 10.9 Å². The molecule has 6 nitrogen and oxygen atoms in total. The minimum atomic E-state index is -0.871. The third-order valence-corrected chi connectivity index (χ3v) is 4.89. The standard InChI is InChI=1S/C23H25N3O3/c1-17-21(15-24-26(17)16-19-10-6-3-7-11-19)23(29)25-20(12-13-22(27)28)14-18-8-4-2-5-9-18/h2-11,15,20H,12-14,16H2,1H3,(H,25,29)(H,27,28). The van der Waals surface area contributed by atoms with E-state index in [1.165, 1.54) is 0 Å². The Bertz CT molecular complexity index is 952. The summed E-state index contributed by atoms with van der Waals surface area (Å²) in [5.41, 5.74) is 3.45. The van der Waals surface area contributed by atoms with E-state index in [9.17, 15) is 9.59 Å². The summed E-state index contributed by atoms with van der Waals surface area (Å²) < 4.78 is 1.80. The van der Waals surface area contributed by atoms with E-state index >= 15 is 0 Å². The van der Waals surface area contributed by atoms with Gasteiger partial charge < -0.3 is 10.4 Å². The van der Waals surface area contributed by atoms with Crippen molar-refractivity contribution >= 4 is 11.9 Å². The lowest BCUT2D eigenvalue weighted by Crippen LogP contribution is -2.37. The highest BCUT2D eigenvalue weighted by Crippen LogP contribution is 2.13. The largest absolute Gasteiger partial charge is 0.481 e. The van der Waals surface area contributed by atoms with Crippen LogP contribution in [-0.4, -0.2) is 32.8 Å². The van der Waals surface area contributed by atoms with Gasteiger partial charge in [0, 0.05) is 18.2 Å². The second-order valence-electron chi connectivity index (χ2n) is 7.08. The van der Waals surface area contributed by atoms with Crippen LogP contribution in [0.4, 0.5) is 0 Å². The third kappa shape index (κ3) is 5.78. The molecular formula is C23H25N3O3. The van der Waals surface area contributed by atoms with Gasteiger partial charge in [-0.1, -0.05) is 60.7 Å². The molecule has 1 aromatic heterocycles. The maximum atomic E-state index is 12.9. The Labute approximate surface area is 170 Å². The minimum absolute atomic E-state index is 0.00400. The molecule has 0 bridgehead atoms. The number of aliphatic carboxylic acids is 1. The van der Waals surface area contributed by atoms with E-state index in [2.05, 4.69) is 10.4 Å². The Kier molecular flexibility index (Phi) is 6.79. The zero-order chi connectivity index (χ0) is 20.6. The van der Waals surface area contributed by atoms with Gasteiger partial charge in [-0.2, -0.15) is 5.10 Å². The first-order valence-electron chi connectivity index (χ1n) is 9.66. The summed E-state index contributed by atoms with van der Waals surface area (Å²) in [4.78, 5) is 23.9. The molecule has 150 valence electrons. The summed E-state index contributed by atoms with van der Waals surface area (Å²) >= 11 is 0. The first-order chi connectivity index (χ1) is 14.0. The van der Waals surface area contributed by atoms with Crippen LogP contribution in [0.3, 0.4) is 0 Å². The number of amides is 1. The van der Waals surface area contributed by atoms with Gasteiger partial charge in [0.2, 0.25) is 0 Å². The summed E-state index contributed by atoms with van der Waals surface area (Å²) in [5, 5.41) is 16.4. The molecule has 3 rings (SSSR count). The van der Waals surface area contributed by atoms with Crippen molar-refractivity contribution in [1.29, 1.82) is 0 Å². The third-order valence-electron chi connectivity index (χ3n) is 4.89. The van der Waals surface area contributed by atoms with Gasteiger partial charge in [0.05, 0.1) is 18.3 Å². The second kappa shape index (κ2) is 9.68. The molecule has 0 aliphatic carbocycles.